The smallest absolute Gasteiger partial charge is 0.346 e. The molecule has 0 unspecified atom stereocenters. The molecule has 170 valence electrons. The van der Waals surface area contributed by atoms with Gasteiger partial charge in [0.25, 0.3) is 5.91 Å². The lowest BCUT2D eigenvalue weighted by molar-refractivity contribution is -0.117. The first kappa shape index (κ1) is 22.3. The van der Waals surface area contributed by atoms with Gasteiger partial charge in [-0.15, -0.1) is 11.3 Å². The molecule has 0 saturated heterocycles. The zero-order valence-electron chi connectivity index (χ0n) is 16.9. The zero-order valence-corrected chi connectivity index (χ0v) is 17.7. The van der Waals surface area contributed by atoms with Gasteiger partial charge < -0.3 is 14.6 Å². The molecular formula is C22H14F3NO6S. The van der Waals surface area contributed by atoms with Crippen LogP contribution >= 0.6 is 11.3 Å². The van der Waals surface area contributed by atoms with E-state index >= 15 is 0 Å². The molecule has 0 radical (unpaired) electrons. The number of hydrogen-bond donors (Lipinski definition) is 1. The summed E-state index contributed by atoms with van der Waals surface area (Å²) in [6.45, 7) is -0.358. The Balaban J connectivity index is 1.66. The van der Waals surface area contributed by atoms with Gasteiger partial charge in [-0.05, 0) is 29.1 Å². The molecule has 2 heterocycles. The molecule has 2 aromatic carbocycles. The first-order chi connectivity index (χ1) is 15.7. The van der Waals surface area contributed by atoms with Gasteiger partial charge in [-0.25, -0.2) is 22.9 Å². The minimum atomic E-state index is -1.34. The second-order valence-corrected chi connectivity index (χ2v) is 7.84. The van der Waals surface area contributed by atoms with Crippen molar-refractivity contribution in [2.45, 2.75) is 13.0 Å². The van der Waals surface area contributed by atoms with Crippen molar-refractivity contribution in [2.75, 3.05) is 12.0 Å². The van der Waals surface area contributed by atoms with Crippen LogP contribution in [0.5, 0.6) is 11.5 Å². The van der Waals surface area contributed by atoms with Crippen LogP contribution in [-0.2, 0) is 17.8 Å². The Labute approximate surface area is 188 Å². The highest BCUT2D eigenvalue weighted by molar-refractivity contribution is 7.12. The number of carboxylic acid groups (broad SMARTS) is 1. The van der Waals surface area contributed by atoms with E-state index in [1.807, 2.05) is 0 Å². The maximum absolute atomic E-state index is 14.6. The number of thiophene rings is 1. The van der Waals surface area contributed by atoms with Crippen LogP contribution in [0.1, 0.15) is 31.2 Å². The summed E-state index contributed by atoms with van der Waals surface area (Å²) in [5.74, 6) is -5.98. The second-order valence-electron chi connectivity index (χ2n) is 6.96. The summed E-state index contributed by atoms with van der Waals surface area (Å²) in [7, 11) is 1.20. The fourth-order valence-electron chi connectivity index (χ4n) is 3.49. The molecule has 33 heavy (non-hydrogen) atoms. The summed E-state index contributed by atoms with van der Waals surface area (Å²) in [5.41, 5.74) is -0.303. The Bertz CT molecular complexity index is 1310. The molecule has 0 fully saturated rings. The number of halogens is 3. The molecule has 7 nitrogen and oxygen atoms in total. The van der Waals surface area contributed by atoms with Gasteiger partial charge in [-0.2, -0.15) is 0 Å². The zero-order chi connectivity index (χ0) is 23.9. The van der Waals surface area contributed by atoms with E-state index in [2.05, 4.69) is 0 Å². The van der Waals surface area contributed by atoms with Gasteiger partial charge in [0.2, 0.25) is 5.91 Å². The normalized spacial score (nSPS) is 13.2. The van der Waals surface area contributed by atoms with Crippen molar-refractivity contribution in [3.05, 3.63) is 74.7 Å². The van der Waals surface area contributed by atoms with Gasteiger partial charge >= 0.3 is 5.97 Å². The summed E-state index contributed by atoms with van der Waals surface area (Å²) in [5, 5.41) is 10.7. The van der Waals surface area contributed by atoms with E-state index < -0.39 is 40.9 Å². The van der Waals surface area contributed by atoms with Crippen LogP contribution in [0.4, 0.5) is 18.9 Å². The van der Waals surface area contributed by atoms with Crippen molar-refractivity contribution in [3.63, 3.8) is 0 Å². The molecule has 11 heteroatoms. The second kappa shape index (κ2) is 8.58. The molecule has 0 bridgehead atoms. The van der Waals surface area contributed by atoms with Gasteiger partial charge in [-0.1, -0.05) is 0 Å². The van der Waals surface area contributed by atoms with Gasteiger partial charge in [0.15, 0.2) is 11.6 Å². The monoisotopic (exact) mass is 477 g/mol. The first-order valence-corrected chi connectivity index (χ1v) is 10.2. The van der Waals surface area contributed by atoms with Crippen LogP contribution in [-0.4, -0.2) is 30.0 Å². The van der Waals surface area contributed by atoms with E-state index in [1.165, 1.54) is 18.6 Å². The van der Waals surface area contributed by atoms with Crippen LogP contribution in [0, 0.1) is 17.5 Å². The molecule has 3 aromatic rings. The Morgan fingerprint density at radius 3 is 2.61 bits per heavy atom. The Kier molecular flexibility index (Phi) is 5.81. The molecule has 0 saturated carbocycles. The Hall–Kier alpha value is -3.86. The summed E-state index contributed by atoms with van der Waals surface area (Å²) in [6, 6.07) is 4.89. The van der Waals surface area contributed by atoms with Crippen LogP contribution in [0.15, 0.2) is 35.7 Å². The van der Waals surface area contributed by atoms with E-state index in [9.17, 15) is 32.7 Å². The van der Waals surface area contributed by atoms with Crippen molar-refractivity contribution in [1.29, 1.82) is 0 Å². The lowest BCUT2D eigenvalue weighted by Crippen LogP contribution is -2.43. The SMILES string of the molecule is COc1c(F)cc(F)cc1COc1ccc(F)c(N2C(=O)Cc3csc(C(=O)O)c3C2=O)c1. The number of anilines is 1. The molecule has 1 N–H and O–H groups in total. The number of nitrogens with zero attached hydrogens (tertiary/aromatic N) is 1. The number of benzene rings is 2. The third-order valence-electron chi connectivity index (χ3n) is 4.91. The third kappa shape index (κ3) is 4.02. The first-order valence-electron chi connectivity index (χ1n) is 9.36. The van der Waals surface area contributed by atoms with Crippen molar-refractivity contribution < 1.29 is 42.1 Å². The van der Waals surface area contributed by atoms with Gasteiger partial charge in [0, 0.05) is 17.7 Å². The predicted octanol–water partition coefficient (Wildman–Crippen LogP) is 4.18. The molecule has 0 aliphatic carbocycles. The molecule has 0 spiro atoms. The number of carboxylic acids is 1. The van der Waals surface area contributed by atoms with Crippen LogP contribution in [0.2, 0.25) is 0 Å². The number of fused-ring (bicyclic) bond motifs is 1. The summed E-state index contributed by atoms with van der Waals surface area (Å²) < 4.78 is 52.5. The lowest BCUT2D eigenvalue weighted by Gasteiger charge is -2.26. The number of hydrogen-bond acceptors (Lipinski definition) is 6. The maximum Gasteiger partial charge on any atom is 0.346 e. The Morgan fingerprint density at radius 2 is 1.91 bits per heavy atom. The van der Waals surface area contributed by atoms with Crippen molar-refractivity contribution in [3.8, 4) is 11.5 Å². The van der Waals surface area contributed by atoms with E-state index in [1.54, 1.807) is 0 Å². The van der Waals surface area contributed by atoms with Crippen molar-refractivity contribution in [2.24, 2.45) is 0 Å². The van der Waals surface area contributed by atoms with Crippen LogP contribution < -0.4 is 14.4 Å². The number of carbonyl (C=O) groups is 3. The Morgan fingerprint density at radius 1 is 1.15 bits per heavy atom. The number of rotatable bonds is 6. The molecule has 4 rings (SSSR count). The average Bonchev–Trinajstić information content (AvgIpc) is 3.18. The fourth-order valence-corrected chi connectivity index (χ4v) is 4.39. The minimum absolute atomic E-state index is 0.00621. The predicted molar refractivity (Wildman–Crippen MR) is 110 cm³/mol. The highest BCUT2D eigenvalue weighted by Crippen LogP contribution is 2.35. The number of ether oxygens (including phenoxy) is 2. The molecule has 1 aromatic heterocycles. The molecular weight excluding hydrogens is 463 g/mol. The van der Waals surface area contributed by atoms with E-state index in [4.69, 9.17) is 9.47 Å². The number of aromatic carboxylic acids is 1. The fraction of sp³-hybridized carbons (Fsp3) is 0.136. The summed E-state index contributed by atoms with van der Waals surface area (Å²) in [4.78, 5) is 37.3. The quantitative estimate of drug-likeness (QED) is 0.536. The van der Waals surface area contributed by atoms with Crippen molar-refractivity contribution >= 4 is 34.8 Å². The third-order valence-corrected chi connectivity index (χ3v) is 5.93. The highest BCUT2D eigenvalue weighted by atomic mass is 32.1. The molecule has 0 atom stereocenters. The van der Waals surface area contributed by atoms with Crippen LogP contribution in [0.3, 0.4) is 0 Å². The number of amides is 2. The van der Waals surface area contributed by atoms with Gasteiger partial charge in [0.05, 0.1) is 24.8 Å². The van der Waals surface area contributed by atoms with Crippen LogP contribution in [0.25, 0.3) is 0 Å². The minimum Gasteiger partial charge on any atom is -0.493 e. The number of methoxy groups -OCH3 is 1. The van der Waals surface area contributed by atoms with E-state index in [0.717, 1.165) is 29.5 Å². The summed E-state index contributed by atoms with van der Waals surface area (Å²) >= 11 is 0.804. The lowest BCUT2D eigenvalue weighted by atomic mass is 10.0. The number of imide groups is 1. The number of carbonyl (C=O) groups excluding carboxylic acids is 2. The topological polar surface area (TPSA) is 93.1 Å². The standard InChI is InChI=1S/C22H14F3NO6S/c1-31-19-10(4-12(23)6-15(19)25)8-32-13-2-3-14(24)16(7-13)26-17(27)5-11-9-33-20(22(29)30)18(11)21(26)28/h2-4,6-7,9H,5,8H2,1H3,(H,29,30). The van der Waals surface area contributed by atoms with Gasteiger partial charge in [-0.3, -0.25) is 9.59 Å². The van der Waals surface area contributed by atoms with E-state index in [0.29, 0.717) is 11.0 Å². The maximum atomic E-state index is 14.6. The van der Waals surface area contributed by atoms with E-state index in [-0.39, 0.29) is 46.1 Å². The highest BCUT2D eigenvalue weighted by Gasteiger charge is 2.38. The summed E-state index contributed by atoms with van der Waals surface area (Å²) in [6.07, 6.45) is -0.283. The average molecular weight is 477 g/mol. The molecule has 1 aliphatic rings. The van der Waals surface area contributed by atoms with Gasteiger partial charge in [0.1, 0.15) is 28.9 Å². The largest absolute Gasteiger partial charge is 0.493 e. The van der Waals surface area contributed by atoms with Crippen molar-refractivity contribution in [1.82, 2.24) is 0 Å². The molecule has 1 aliphatic heterocycles. The molecule has 2 amide bonds.